The van der Waals surface area contributed by atoms with E-state index in [9.17, 15) is 14.3 Å². The molecule has 0 unspecified atom stereocenters. The third kappa shape index (κ3) is 5.17. The molecule has 3 nitrogen and oxygen atoms in total. The molecule has 0 aromatic heterocycles. The maximum absolute atomic E-state index is 13.5. The molecule has 172 valence electrons. The number of carbonyl (C=O) groups is 1. The molecular weight excluding hydrogens is 413 g/mol. The summed E-state index contributed by atoms with van der Waals surface area (Å²) in [6.45, 7) is 4.20. The molecule has 0 saturated carbocycles. The van der Waals surface area contributed by atoms with Crippen molar-refractivity contribution in [1.29, 1.82) is 0 Å². The highest BCUT2D eigenvalue weighted by molar-refractivity contribution is 6.03. The number of unbranched alkanes of at least 4 members (excludes halogenated alkanes) is 1. The molecule has 4 heteroatoms. The summed E-state index contributed by atoms with van der Waals surface area (Å²) in [4.78, 5) is 15.0. The predicted octanol–water partition coefficient (Wildman–Crippen LogP) is 6.69. The molecule has 0 radical (unpaired) electrons. The van der Waals surface area contributed by atoms with E-state index in [0.29, 0.717) is 18.5 Å². The Morgan fingerprint density at radius 3 is 2.27 bits per heavy atom. The Balaban J connectivity index is 1.53. The molecule has 1 saturated heterocycles. The van der Waals surface area contributed by atoms with E-state index in [1.165, 1.54) is 17.7 Å². The van der Waals surface area contributed by atoms with Crippen molar-refractivity contribution in [3.63, 3.8) is 0 Å². The van der Waals surface area contributed by atoms with Crippen LogP contribution in [-0.2, 0) is 11.2 Å². The van der Waals surface area contributed by atoms with Gasteiger partial charge in [-0.1, -0.05) is 67.4 Å². The van der Waals surface area contributed by atoms with Gasteiger partial charge in [0, 0.05) is 5.69 Å². The summed E-state index contributed by atoms with van der Waals surface area (Å²) >= 11 is 0. The molecule has 3 aromatic rings. The van der Waals surface area contributed by atoms with Crippen LogP contribution in [0.2, 0.25) is 0 Å². The van der Waals surface area contributed by atoms with Crippen LogP contribution in [0.1, 0.15) is 67.0 Å². The lowest BCUT2D eigenvalue weighted by Gasteiger charge is -2.48. The number of hydrogen-bond donors (Lipinski definition) is 1. The summed E-state index contributed by atoms with van der Waals surface area (Å²) in [5.74, 6) is -0.504. The third-order valence-corrected chi connectivity index (χ3v) is 6.67. The van der Waals surface area contributed by atoms with Gasteiger partial charge in [0.2, 0.25) is 5.91 Å². The van der Waals surface area contributed by atoms with Crippen LogP contribution >= 0.6 is 0 Å². The van der Waals surface area contributed by atoms with E-state index >= 15 is 0 Å². The average Bonchev–Trinajstić information content (AvgIpc) is 2.83. The molecule has 0 spiro atoms. The first-order valence-corrected chi connectivity index (χ1v) is 11.9. The standard InChI is InChI=1S/C29H32FNO2/c1-3-4-5-21-8-12-23(13-9-21)28-26(18-19-27(32)22-10-6-20(2)7-11-22)29(33)31(28)25-16-14-24(30)15-17-25/h6-17,26-28,32H,3-5,18-19H2,1-2H3/t26-,27+,28-/m1/s1. The first-order valence-electron chi connectivity index (χ1n) is 11.9. The summed E-state index contributed by atoms with van der Waals surface area (Å²) < 4.78 is 13.5. The van der Waals surface area contributed by atoms with Crippen LogP contribution in [-0.4, -0.2) is 11.0 Å². The van der Waals surface area contributed by atoms with Crippen molar-refractivity contribution in [2.75, 3.05) is 4.90 Å². The van der Waals surface area contributed by atoms with Crippen LogP contribution in [0.25, 0.3) is 0 Å². The van der Waals surface area contributed by atoms with Crippen molar-refractivity contribution in [2.45, 2.75) is 58.1 Å². The number of aliphatic hydroxyl groups is 1. The number of β-lactam (4-membered cyclic amide) rings is 1. The van der Waals surface area contributed by atoms with E-state index < -0.39 is 6.10 Å². The zero-order valence-corrected chi connectivity index (χ0v) is 19.4. The molecule has 3 aromatic carbocycles. The Morgan fingerprint density at radius 2 is 1.64 bits per heavy atom. The smallest absolute Gasteiger partial charge is 0.233 e. The van der Waals surface area contributed by atoms with E-state index in [0.717, 1.165) is 36.0 Å². The molecule has 1 aliphatic rings. The average molecular weight is 446 g/mol. The summed E-state index contributed by atoms with van der Waals surface area (Å²) in [5, 5.41) is 10.7. The van der Waals surface area contributed by atoms with Crippen LogP contribution in [0.3, 0.4) is 0 Å². The predicted molar refractivity (Wildman–Crippen MR) is 131 cm³/mol. The highest BCUT2D eigenvalue weighted by Gasteiger charge is 2.48. The molecule has 1 N–H and O–H groups in total. The van der Waals surface area contributed by atoms with Gasteiger partial charge in [-0.2, -0.15) is 0 Å². The number of hydrogen-bond acceptors (Lipinski definition) is 2. The van der Waals surface area contributed by atoms with Crippen molar-refractivity contribution in [2.24, 2.45) is 5.92 Å². The number of halogens is 1. The molecule has 1 aliphatic heterocycles. The van der Waals surface area contributed by atoms with Gasteiger partial charge in [0.15, 0.2) is 0 Å². The van der Waals surface area contributed by atoms with Gasteiger partial charge in [0.25, 0.3) is 0 Å². The van der Waals surface area contributed by atoms with Crippen LogP contribution in [0, 0.1) is 18.7 Å². The first kappa shape index (κ1) is 23.2. The van der Waals surface area contributed by atoms with Gasteiger partial charge in [-0.15, -0.1) is 0 Å². The maximum atomic E-state index is 13.5. The van der Waals surface area contributed by atoms with E-state index in [-0.39, 0.29) is 23.7 Å². The monoisotopic (exact) mass is 445 g/mol. The highest BCUT2D eigenvalue weighted by atomic mass is 19.1. The van der Waals surface area contributed by atoms with Crippen molar-refractivity contribution in [3.8, 4) is 0 Å². The van der Waals surface area contributed by atoms with Crippen LogP contribution in [0.4, 0.5) is 10.1 Å². The molecule has 1 fully saturated rings. The van der Waals surface area contributed by atoms with Crippen LogP contribution in [0.5, 0.6) is 0 Å². The van der Waals surface area contributed by atoms with E-state index in [1.807, 2.05) is 31.2 Å². The zero-order chi connectivity index (χ0) is 23.4. The van der Waals surface area contributed by atoms with Gasteiger partial charge >= 0.3 is 0 Å². The third-order valence-electron chi connectivity index (χ3n) is 6.67. The van der Waals surface area contributed by atoms with E-state index in [2.05, 4.69) is 31.2 Å². The number of nitrogens with zero attached hydrogens (tertiary/aromatic N) is 1. The SMILES string of the molecule is CCCCc1ccc([C@@H]2[C@@H](CC[C@H](O)c3ccc(C)cc3)C(=O)N2c2ccc(F)cc2)cc1. The van der Waals surface area contributed by atoms with Gasteiger partial charge < -0.3 is 10.0 Å². The summed E-state index contributed by atoms with van der Waals surface area (Å²) in [6.07, 6.45) is 3.87. The van der Waals surface area contributed by atoms with Gasteiger partial charge in [-0.3, -0.25) is 4.79 Å². The number of anilines is 1. The number of rotatable bonds is 9. The van der Waals surface area contributed by atoms with E-state index in [4.69, 9.17) is 0 Å². The molecule has 33 heavy (non-hydrogen) atoms. The van der Waals surface area contributed by atoms with Crippen molar-refractivity contribution >= 4 is 11.6 Å². The van der Waals surface area contributed by atoms with Gasteiger partial charge in [0.1, 0.15) is 5.82 Å². The number of benzene rings is 3. The Morgan fingerprint density at radius 1 is 0.970 bits per heavy atom. The zero-order valence-electron chi connectivity index (χ0n) is 19.4. The number of aliphatic hydroxyl groups excluding tert-OH is 1. The lowest BCUT2D eigenvalue weighted by Crippen LogP contribution is -2.55. The van der Waals surface area contributed by atoms with Gasteiger partial charge in [-0.25, -0.2) is 4.39 Å². The van der Waals surface area contributed by atoms with Gasteiger partial charge in [-0.05, 0) is 73.6 Å². The van der Waals surface area contributed by atoms with Crippen molar-refractivity contribution in [3.05, 3.63) is 101 Å². The molecule has 0 bridgehead atoms. The number of carbonyl (C=O) groups excluding carboxylic acids is 1. The first-order chi connectivity index (χ1) is 16.0. The number of aryl methyl sites for hydroxylation is 2. The second-order valence-electron chi connectivity index (χ2n) is 9.08. The van der Waals surface area contributed by atoms with Crippen molar-refractivity contribution < 1.29 is 14.3 Å². The second kappa shape index (κ2) is 10.3. The van der Waals surface area contributed by atoms with Gasteiger partial charge in [0.05, 0.1) is 18.1 Å². The molecule has 3 atom stereocenters. The minimum atomic E-state index is -0.602. The topological polar surface area (TPSA) is 40.5 Å². The fraction of sp³-hybridized carbons (Fsp3) is 0.345. The Labute approximate surface area is 195 Å². The summed E-state index contributed by atoms with van der Waals surface area (Å²) in [5.41, 5.74) is 5.11. The molecule has 4 rings (SSSR count). The Kier molecular flexibility index (Phi) is 7.24. The van der Waals surface area contributed by atoms with Crippen LogP contribution < -0.4 is 4.90 Å². The quantitative estimate of drug-likeness (QED) is 0.373. The fourth-order valence-electron chi connectivity index (χ4n) is 4.66. The molecule has 0 aliphatic carbocycles. The normalized spacial score (nSPS) is 18.8. The van der Waals surface area contributed by atoms with Crippen molar-refractivity contribution in [1.82, 2.24) is 0 Å². The second-order valence-corrected chi connectivity index (χ2v) is 9.08. The Bertz CT molecular complexity index is 1060. The molecule has 1 heterocycles. The number of amides is 1. The summed E-state index contributed by atoms with van der Waals surface area (Å²) in [6, 6.07) is 22.4. The highest BCUT2D eigenvalue weighted by Crippen LogP contribution is 2.46. The lowest BCUT2D eigenvalue weighted by molar-refractivity contribution is -0.131. The summed E-state index contributed by atoms with van der Waals surface area (Å²) in [7, 11) is 0. The largest absolute Gasteiger partial charge is 0.388 e. The van der Waals surface area contributed by atoms with E-state index in [1.54, 1.807) is 17.0 Å². The lowest BCUT2D eigenvalue weighted by atomic mass is 9.78. The molecular formula is C29H32FNO2. The van der Waals surface area contributed by atoms with Crippen LogP contribution in [0.15, 0.2) is 72.8 Å². The minimum Gasteiger partial charge on any atom is -0.388 e. The maximum Gasteiger partial charge on any atom is 0.233 e. The molecule has 1 amide bonds. The fourth-order valence-corrected chi connectivity index (χ4v) is 4.66. The minimum absolute atomic E-state index is 0.0257. The Hall–Kier alpha value is -2.98.